The third-order valence-corrected chi connectivity index (χ3v) is 4.27. The molecule has 0 aliphatic rings. The van der Waals surface area contributed by atoms with Crippen molar-refractivity contribution >= 4 is 16.9 Å². The third kappa shape index (κ3) is 4.80. The average molecular weight is 365 g/mol. The molecule has 2 N–H and O–H groups in total. The van der Waals surface area contributed by atoms with Gasteiger partial charge in [-0.25, -0.2) is 9.97 Å². The molecule has 3 aromatic rings. The lowest BCUT2D eigenvalue weighted by Crippen LogP contribution is -2.35. The van der Waals surface area contributed by atoms with Gasteiger partial charge in [-0.15, -0.1) is 0 Å². The van der Waals surface area contributed by atoms with Crippen LogP contribution in [-0.4, -0.2) is 40.2 Å². The second-order valence-corrected chi connectivity index (χ2v) is 6.59. The summed E-state index contributed by atoms with van der Waals surface area (Å²) in [6.07, 6.45) is -0.806. The van der Waals surface area contributed by atoms with Crippen molar-refractivity contribution in [2.24, 2.45) is 0 Å². The van der Waals surface area contributed by atoms with E-state index in [1.807, 2.05) is 45.0 Å². The van der Waals surface area contributed by atoms with Crippen LogP contribution >= 0.6 is 0 Å². The van der Waals surface area contributed by atoms with Crippen LogP contribution in [0.1, 0.15) is 27.3 Å². The molecule has 6 nitrogen and oxygen atoms in total. The van der Waals surface area contributed by atoms with Crippen molar-refractivity contribution in [3.05, 3.63) is 65.0 Å². The number of aromatic nitrogens is 2. The number of hydrogen-bond donors (Lipinski definition) is 2. The molecule has 1 heterocycles. The maximum absolute atomic E-state index is 12.4. The van der Waals surface area contributed by atoms with E-state index in [9.17, 15) is 9.90 Å². The topological polar surface area (TPSA) is 84.3 Å². The molecule has 3 rings (SSSR count). The number of aryl methyl sites for hydroxylation is 3. The van der Waals surface area contributed by atoms with Gasteiger partial charge in [0, 0.05) is 12.1 Å². The van der Waals surface area contributed by atoms with E-state index < -0.39 is 6.10 Å². The Bertz CT molecular complexity index is 972. The van der Waals surface area contributed by atoms with E-state index in [4.69, 9.17) is 4.74 Å². The Morgan fingerprint density at radius 2 is 1.81 bits per heavy atom. The quantitative estimate of drug-likeness (QED) is 0.702. The van der Waals surface area contributed by atoms with Gasteiger partial charge >= 0.3 is 0 Å². The molecule has 0 bridgehead atoms. The summed E-state index contributed by atoms with van der Waals surface area (Å²) in [5, 5.41) is 12.8. The zero-order valence-electron chi connectivity index (χ0n) is 15.7. The molecule has 0 saturated heterocycles. The zero-order chi connectivity index (χ0) is 19.4. The van der Waals surface area contributed by atoms with E-state index >= 15 is 0 Å². The summed E-state index contributed by atoms with van der Waals surface area (Å²) in [6.45, 7) is 5.97. The largest absolute Gasteiger partial charge is 0.491 e. The monoisotopic (exact) mass is 365 g/mol. The van der Waals surface area contributed by atoms with Gasteiger partial charge in [0.25, 0.3) is 5.91 Å². The second-order valence-electron chi connectivity index (χ2n) is 6.59. The fraction of sp³-hybridized carbons (Fsp3) is 0.286. The zero-order valence-corrected chi connectivity index (χ0v) is 15.7. The number of nitrogens with one attached hydrogen (secondary N) is 1. The Labute approximate surface area is 158 Å². The lowest BCUT2D eigenvalue weighted by Gasteiger charge is -2.14. The number of hydrogen-bond acceptors (Lipinski definition) is 5. The van der Waals surface area contributed by atoms with Crippen molar-refractivity contribution in [3.8, 4) is 5.75 Å². The van der Waals surface area contributed by atoms with Crippen molar-refractivity contribution in [2.45, 2.75) is 26.9 Å². The fourth-order valence-corrected chi connectivity index (χ4v) is 2.64. The summed E-state index contributed by atoms with van der Waals surface area (Å²) >= 11 is 0. The highest BCUT2D eigenvalue weighted by molar-refractivity contribution is 5.97. The molecule has 0 radical (unpaired) electrons. The Balaban J connectivity index is 1.57. The van der Waals surface area contributed by atoms with Crippen LogP contribution in [0.15, 0.2) is 42.5 Å². The van der Waals surface area contributed by atoms with E-state index in [-0.39, 0.29) is 19.1 Å². The van der Waals surface area contributed by atoms with Gasteiger partial charge in [0.05, 0.1) is 22.4 Å². The van der Waals surface area contributed by atoms with Crippen molar-refractivity contribution in [2.75, 3.05) is 13.2 Å². The number of aliphatic hydroxyl groups is 1. The molecule has 1 aromatic heterocycles. The first-order valence-corrected chi connectivity index (χ1v) is 8.83. The van der Waals surface area contributed by atoms with Crippen LogP contribution in [0.3, 0.4) is 0 Å². The molecule has 0 aliphatic heterocycles. The standard InChI is InChI=1S/C21H23N3O3/c1-13-5-4-6-18(9-13)27-12-17(25)11-22-21(26)16-7-8-19-20(10-16)24-15(3)14(2)23-19/h4-10,17,25H,11-12H2,1-3H3,(H,22,26). The van der Waals surface area contributed by atoms with Crippen LogP contribution in [0.25, 0.3) is 11.0 Å². The van der Waals surface area contributed by atoms with Gasteiger partial charge in [-0.2, -0.15) is 0 Å². The molecule has 27 heavy (non-hydrogen) atoms. The van der Waals surface area contributed by atoms with Gasteiger partial charge in [0.2, 0.25) is 0 Å². The molecule has 1 atom stereocenters. The molecule has 0 fully saturated rings. The summed E-state index contributed by atoms with van der Waals surface area (Å²) in [7, 11) is 0. The van der Waals surface area contributed by atoms with Crippen molar-refractivity contribution in [1.82, 2.24) is 15.3 Å². The lowest BCUT2D eigenvalue weighted by molar-refractivity contribution is 0.0844. The maximum Gasteiger partial charge on any atom is 0.251 e. The van der Waals surface area contributed by atoms with Gasteiger partial charge in [-0.1, -0.05) is 12.1 Å². The number of fused-ring (bicyclic) bond motifs is 1. The van der Waals surface area contributed by atoms with Gasteiger partial charge in [0.15, 0.2) is 0 Å². The number of nitrogens with zero attached hydrogens (tertiary/aromatic N) is 2. The van der Waals surface area contributed by atoms with Gasteiger partial charge < -0.3 is 15.2 Å². The summed E-state index contributed by atoms with van der Waals surface area (Å²) in [4.78, 5) is 21.3. The molecule has 1 unspecified atom stereocenters. The number of ether oxygens (including phenoxy) is 1. The Morgan fingerprint density at radius 1 is 1.07 bits per heavy atom. The number of rotatable bonds is 6. The number of amides is 1. The smallest absolute Gasteiger partial charge is 0.251 e. The highest BCUT2D eigenvalue weighted by Gasteiger charge is 2.11. The lowest BCUT2D eigenvalue weighted by atomic mass is 10.1. The number of aliphatic hydroxyl groups excluding tert-OH is 1. The highest BCUT2D eigenvalue weighted by atomic mass is 16.5. The average Bonchev–Trinajstić information content (AvgIpc) is 2.65. The minimum absolute atomic E-state index is 0.0985. The second kappa shape index (κ2) is 8.14. The minimum atomic E-state index is -0.806. The normalized spacial score (nSPS) is 12.0. The molecular formula is C21H23N3O3. The molecule has 140 valence electrons. The van der Waals surface area contributed by atoms with Crippen LogP contribution in [0.4, 0.5) is 0 Å². The van der Waals surface area contributed by atoms with E-state index in [1.165, 1.54) is 0 Å². The SMILES string of the molecule is Cc1cccc(OCC(O)CNC(=O)c2ccc3nc(C)c(C)nc3c2)c1. The van der Waals surface area contributed by atoms with E-state index in [1.54, 1.807) is 18.2 Å². The molecule has 1 amide bonds. The predicted molar refractivity (Wildman–Crippen MR) is 104 cm³/mol. The molecule has 0 spiro atoms. The van der Waals surface area contributed by atoms with Crippen molar-refractivity contribution < 1.29 is 14.6 Å². The van der Waals surface area contributed by atoms with Gasteiger partial charge in [-0.3, -0.25) is 4.79 Å². The summed E-state index contributed by atoms with van der Waals surface area (Å²) in [6, 6.07) is 12.8. The van der Waals surface area contributed by atoms with E-state index in [0.29, 0.717) is 16.8 Å². The number of carbonyl (C=O) groups excluding carboxylic acids is 1. The summed E-state index contributed by atoms with van der Waals surface area (Å²) < 4.78 is 5.55. The van der Waals surface area contributed by atoms with Crippen LogP contribution < -0.4 is 10.1 Å². The first-order valence-electron chi connectivity index (χ1n) is 8.83. The highest BCUT2D eigenvalue weighted by Crippen LogP contribution is 2.15. The summed E-state index contributed by atoms with van der Waals surface area (Å²) in [5.74, 6) is 0.422. The van der Waals surface area contributed by atoms with Crippen LogP contribution in [0.2, 0.25) is 0 Å². The first kappa shape index (κ1) is 18.8. The van der Waals surface area contributed by atoms with Gasteiger partial charge in [0.1, 0.15) is 18.5 Å². The molecule has 0 aliphatic carbocycles. The number of benzene rings is 2. The third-order valence-electron chi connectivity index (χ3n) is 4.27. The minimum Gasteiger partial charge on any atom is -0.491 e. The van der Waals surface area contributed by atoms with E-state index in [0.717, 1.165) is 22.5 Å². The Hall–Kier alpha value is -2.99. The van der Waals surface area contributed by atoms with E-state index in [2.05, 4.69) is 15.3 Å². The molecule has 2 aromatic carbocycles. The molecule has 0 saturated carbocycles. The molecule has 6 heteroatoms. The Morgan fingerprint density at radius 3 is 2.56 bits per heavy atom. The van der Waals surface area contributed by atoms with Crippen LogP contribution in [-0.2, 0) is 0 Å². The van der Waals surface area contributed by atoms with Crippen LogP contribution in [0.5, 0.6) is 5.75 Å². The van der Waals surface area contributed by atoms with Gasteiger partial charge in [-0.05, 0) is 56.7 Å². The predicted octanol–water partition coefficient (Wildman–Crippen LogP) is 2.72. The van der Waals surface area contributed by atoms with Crippen LogP contribution in [0, 0.1) is 20.8 Å². The molecular weight excluding hydrogens is 342 g/mol. The summed E-state index contributed by atoms with van der Waals surface area (Å²) in [5.41, 5.74) is 4.70. The number of carbonyl (C=O) groups is 1. The first-order chi connectivity index (χ1) is 12.9. The Kier molecular flexibility index (Phi) is 5.66. The fourth-order valence-electron chi connectivity index (χ4n) is 2.64. The van der Waals surface area contributed by atoms with Crippen molar-refractivity contribution in [1.29, 1.82) is 0 Å². The van der Waals surface area contributed by atoms with Crippen molar-refractivity contribution in [3.63, 3.8) is 0 Å². The maximum atomic E-state index is 12.4.